The van der Waals surface area contributed by atoms with Gasteiger partial charge >= 0.3 is 0 Å². The highest BCUT2D eigenvalue weighted by molar-refractivity contribution is 5.93. The zero-order chi connectivity index (χ0) is 21.5. The van der Waals surface area contributed by atoms with Gasteiger partial charge in [0.25, 0.3) is 0 Å². The molecular weight excluding hydrogens is 362 g/mol. The number of carbonyl (C=O) groups is 4. The molecule has 0 bridgehead atoms. The molecule has 0 radical (unpaired) electrons. The van der Waals surface area contributed by atoms with Gasteiger partial charge in [0.15, 0.2) is 0 Å². The Bertz CT molecular complexity index is 550. The minimum absolute atomic E-state index is 0.0894. The summed E-state index contributed by atoms with van der Waals surface area (Å²) in [6.07, 6.45) is 2.73. The first-order valence-corrected chi connectivity index (χ1v) is 9.63. The van der Waals surface area contributed by atoms with Crippen molar-refractivity contribution in [2.45, 2.75) is 65.0 Å². The zero-order valence-corrected chi connectivity index (χ0v) is 17.2. The van der Waals surface area contributed by atoms with E-state index in [4.69, 9.17) is 5.73 Å². The van der Waals surface area contributed by atoms with Crippen molar-refractivity contribution in [1.82, 2.24) is 21.3 Å². The number of nitrogens with two attached hydrogens (primary N) is 1. The predicted molar refractivity (Wildman–Crippen MR) is 108 cm³/mol. The van der Waals surface area contributed by atoms with Gasteiger partial charge in [0.05, 0.1) is 6.54 Å². The number of ketones is 1. The van der Waals surface area contributed by atoms with E-state index in [0.717, 1.165) is 12.1 Å². The molecule has 0 fully saturated rings. The maximum Gasteiger partial charge on any atom is 0.243 e. The van der Waals surface area contributed by atoms with Crippen molar-refractivity contribution in [2.75, 3.05) is 19.6 Å². The first-order valence-electron chi connectivity index (χ1n) is 9.63. The smallest absolute Gasteiger partial charge is 0.243 e. The Morgan fingerprint density at radius 2 is 1.64 bits per heavy atom. The Morgan fingerprint density at radius 1 is 0.964 bits per heavy atom. The second-order valence-electron chi connectivity index (χ2n) is 6.87. The van der Waals surface area contributed by atoms with Gasteiger partial charge in [0, 0.05) is 18.7 Å². The van der Waals surface area contributed by atoms with Gasteiger partial charge in [0.1, 0.15) is 17.9 Å². The van der Waals surface area contributed by atoms with Gasteiger partial charge in [-0.25, -0.2) is 0 Å². The molecule has 6 N–H and O–H groups in total. The Kier molecular flexibility index (Phi) is 13.4. The Labute approximate surface area is 167 Å². The number of allylic oxidation sites excluding steroid dienone is 1. The van der Waals surface area contributed by atoms with Crippen molar-refractivity contribution < 1.29 is 19.2 Å². The summed E-state index contributed by atoms with van der Waals surface area (Å²) < 4.78 is 0. The molecule has 0 saturated heterocycles. The molecule has 0 aliphatic heterocycles. The van der Waals surface area contributed by atoms with E-state index in [1.807, 2.05) is 6.92 Å². The molecule has 0 heterocycles. The highest BCUT2D eigenvalue weighted by Gasteiger charge is 2.24. The minimum atomic E-state index is -0.819. The molecule has 0 saturated carbocycles. The van der Waals surface area contributed by atoms with Crippen LogP contribution in [0.5, 0.6) is 0 Å². The molecule has 2 atom stereocenters. The predicted octanol–water partition coefficient (Wildman–Crippen LogP) is -0.286. The van der Waals surface area contributed by atoms with Crippen LogP contribution in [0.4, 0.5) is 0 Å². The molecule has 0 aromatic rings. The Balaban J connectivity index is 4.63. The lowest BCUT2D eigenvalue weighted by Gasteiger charge is -2.21. The van der Waals surface area contributed by atoms with Gasteiger partial charge in [-0.1, -0.05) is 6.58 Å². The molecule has 28 heavy (non-hydrogen) atoms. The second-order valence-corrected chi connectivity index (χ2v) is 6.87. The van der Waals surface area contributed by atoms with Gasteiger partial charge in [-0.3, -0.25) is 19.2 Å². The fourth-order valence-corrected chi connectivity index (χ4v) is 2.32. The van der Waals surface area contributed by atoms with E-state index >= 15 is 0 Å². The number of hydrogen-bond donors (Lipinski definition) is 5. The standard InChI is InChI=1S/C19H35N5O4/c1-13(2)21-11-7-9-17(26)24-16(8-5-6-10-20)19(28)23-15(4)18(27)22-12-14(3)25/h15-16,21H,1,5-12,20H2,2-4H3,(H,22,27)(H,23,28)(H,24,26). The number of Topliss-reactive ketones (excluding diaryl/α,β-unsaturated/α-hetero) is 1. The van der Waals surface area contributed by atoms with Gasteiger partial charge in [-0.15, -0.1) is 0 Å². The van der Waals surface area contributed by atoms with Crippen LogP contribution in [0.15, 0.2) is 12.3 Å². The fourth-order valence-electron chi connectivity index (χ4n) is 2.32. The van der Waals surface area contributed by atoms with Crippen molar-refractivity contribution >= 4 is 23.5 Å². The largest absolute Gasteiger partial charge is 0.389 e. The van der Waals surface area contributed by atoms with Crippen LogP contribution in [-0.2, 0) is 19.2 Å². The van der Waals surface area contributed by atoms with Crippen LogP contribution in [0.1, 0.15) is 52.9 Å². The third-order valence-corrected chi connectivity index (χ3v) is 3.87. The highest BCUT2D eigenvalue weighted by atomic mass is 16.2. The fraction of sp³-hybridized carbons (Fsp3) is 0.684. The lowest BCUT2D eigenvalue weighted by atomic mass is 10.1. The van der Waals surface area contributed by atoms with Gasteiger partial charge in [-0.05, 0) is 53.0 Å². The van der Waals surface area contributed by atoms with E-state index in [2.05, 4.69) is 27.8 Å². The zero-order valence-electron chi connectivity index (χ0n) is 17.2. The summed E-state index contributed by atoms with van der Waals surface area (Å²) in [5, 5.41) is 10.8. The first kappa shape index (κ1) is 25.6. The number of rotatable bonds is 15. The number of hydrogen-bond acceptors (Lipinski definition) is 6. The van der Waals surface area contributed by atoms with Gasteiger partial charge in [0.2, 0.25) is 17.7 Å². The number of amides is 3. The van der Waals surface area contributed by atoms with E-state index in [-0.39, 0.29) is 24.7 Å². The highest BCUT2D eigenvalue weighted by Crippen LogP contribution is 2.03. The normalized spacial score (nSPS) is 12.4. The second kappa shape index (κ2) is 14.6. The topological polar surface area (TPSA) is 142 Å². The molecule has 0 aromatic carbocycles. The van der Waals surface area contributed by atoms with Crippen LogP contribution in [0.2, 0.25) is 0 Å². The van der Waals surface area contributed by atoms with Crippen LogP contribution >= 0.6 is 0 Å². The molecule has 0 aliphatic carbocycles. The van der Waals surface area contributed by atoms with Gasteiger partial charge < -0.3 is 27.0 Å². The van der Waals surface area contributed by atoms with Crippen molar-refractivity contribution in [1.29, 1.82) is 0 Å². The van der Waals surface area contributed by atoms with Gasteiger partial charge in [-0.2, -0.15) is 0 Å². The maximum absolute atomic E-state index is 12.5. The van der Waals surface area contributed by atoms with Crippen molar-refractivity contribution in [3.05, 3.63) is 12.3 Å². The summed E-state index contributed by atoms with van der Waals surface area (Å²) >= 11 is 0. The number of nitrogens with one attached hydrogen (secondary N) is 4. The number of carbonyl (C=O) groups excluding carboxylic acids is 4. The van der Waals surface area contributed by atoms with E-state index < -0.39 is 23.9 Å². The quantitative estimate of drug-likeness (QED) is 0.240. The Hall–Kier alpha value is -2.42. The van der Waals surface area contributed by atoms with Crippen molar-refractivity contribution in [2.24, 2.45) is 5.73 Å². The molecular formula is C19H35N5O4. The summed E-state index contributed by atoms with van der Waals surface area (Å²) in [4.78, 5) is 47.5. The molecule has 9 heteroatoms. The third-order valence-electron chi connectivity index (χ3n) is 3.87. The molecule has 0 aromatic heterocycles. The molecule has 2 unspecified atom stereocenters. The average molecular weight is 398 g/mol. The van der Waals surface area contributed by atoms with Crippen molar-refractivity contribution in [3.8, 4) is 0 Å². The number of unbranched alkanes of at least 4 members (excludes halogenated alkanes) is 1. The lowest BCUT2D eigenvalue weighted by Crippen LogP contribution is -2.53. The average Bonchev–Trinajstić information content (AvgIpc) is 2.62. The third kappa shape index (κ3) is 12.9. The molecule has 0 aliphatic rings. The van der Waals surface area contributed by atoms with E-state index in [1.54, 1.807) is 0 Å². The summed E-state index contributed by atoms with van der Waals surface area (Å²) in [5.74, 6) is -1.30. The summed E-state index contributed by atoms with van der Waals surface area (Å²) in [5.41, 5.74) is 6.32. The molecule has 0 spiro atoms. The molecule has 0 rings (SSSR count). The van der Waals surface area contributed by atoms with Crippen LogP contribution < -0.4 is 27.0 Å². The first-order chi connectivity index (χ1) is 13.2. The lowest BCUT2D eigenvalue weighted by molar-refractivity contribution is -0.132. The molecule has 160 valence electrons. The Morgan fingerprint density at radius 3 is 2.21 bits per heavy atom. The van der Waals surface area contributed by atoms with Crippen LogP contribution in [0, 0.1) is 0 Å². The maximum atomic E-state index is 12.5. The van der Waals surface area contributed by atoms with E-state index in [9.17, 15) is 19.2 Å². The minimum Gasteiger partial charge on any atom is -0.389 e. The summed E-state index contributed by atoms with van der Waals surface area (Å²) in [7, 11) is 0. The summed E-state index contributed by atoms with van der Waals surface area (Å²) in [6.45, 7) is 9.48. The molecule has 9 nitrogen and oxygen atoms in total. The van der Waals surface area contributed by atoms with E-state index in [0.29, 0.717) is 32.4 Å². The van der Waals surface area contributed by atoms with Crippen molar-refractivity contribution in [3.63, 3.8) is 0 Å². The monoisotopic (exact) mass is 397 g/mol. The van der Waals surface area contributed by atoms with Crippen LogP contribution in [0.3, 0.4) is 0 Å². The molecule has 3 amide bonds. The van der Waals surface area contributed by atoms with E-state index in [1.165, 1.54) is 13.8 Å². The summed E-state index contributed by atoms with van der Waals surface area (Å²) in [6, 6.07) is -1.56. The van der Waals surface area contributed by atoms with Crippen LogP contribution in [-0.4, -0.2) is 55.2 Å². The SMILES string of the molecule is C=C(C)NCCCC(=O)NC(CCCCN)C(=O)NC(C)C(=O)NCC(C)=O. The van der Waals surface area contributed by atoms with Crippen LogP contribution in [0.25, 0.3) is 0 Å².